The number of carbonyl (C=O) groups is 1. The monoisotopic (exact) mass is 361 g/mol. The van der Waals surface area contributed by atoms with Gasteiger partial charge in [-0.3, -0.25) is 4.79 Å². The van der Waals surface area contributed by atoms with E-state index in [0.29, 0.717) is 10.7 Å². The Morgan fingerprint density at radius 3 is 2.47 bits per heavy atom. The second-order valence-corrected chi connectivity index (χ2v) is 5.38. The maximum Gasteiger partial charge on any atom is 0.255 e. The molecule has 0 aliphatic carbocycles. The Bertz CT molecular complexity index is 649. The van der Waals surface area contributed by atoms with Crippen molar-refractivity contribution in [2.75, 3.05) is 5.32 Å². The summed E-state index contributed by atoms with van der Waals surface area (Å²) < 4.78 is 13.7. The Balaban J connectivity index is 2.20. The zero-order chi connectivity index (χ0) is 14.0. The summed E-state index contributed by atoms with van der Waals surface area (Å²) in [6.45, 7) is 0. The topological polar surface area (TPSA) is 29.1 Å². The van der Waals surface area contributed by atoms with E-state index < -0.39 is 5.82 Å². The molecule has 0 saturated carbocycles. The molecule has 2 aromatic carbocycles. The zero-order valence-corrected chi connectivity index (χ0v) is 12.5. The lowest BCUT2D eigenvalue weighted by atomic mass is 10.2. The first-order valence-electron chi connectivity index (χ1n) is 5.19. The highest BCUT2D eigenvalue weighted by Crippen LogP contribution is 2.26. The maximum absolute atomic E-state index is 13.0. The van der Waals surface area contributed by atoms with Gasteiger partial charge in [0.15, 0.2) is 0 Å². The Kier molecular flexibility index (Phi) is 4.45. The molecule has 0 heterocycles. The summed E-state index contributed by atoms with van der Waals surface area (Å²) in [5.41, 5.74) is 0.809. The van der Waals surface area contributed by atoms with Crippen molar-refractivity contribution in [1.82, 2.24) is 0 Å². The van der Waals surface area contributed by atoms with Gasteiger partial charge >= 0.3 is 0 Å². The second-order valence-electron chi connectivity index (χ2n) is 3.71. The minimum absolute atomic E-state index is 0.0958. The minimum atomic E-state index is -0.565. The third kappa shape index (κ3) is 3.47. The summed E-state index contributed by atoms with van der Waals surface area (Å²) in [7, 11) is 0. The molecule has 0 aliphatic heterocycles. The second kappa shape index (κ2) is 5.90. The largest absolute Gasteiger partial charge is 0.322 e. The Morgan fingerprint density at radius 1 is 1.11 bits per heavy atom. The van der Waals surface area contributed by atoms with Gasteiger partial charge in [0, 0.05) is 15.7 Å². The van der Waals surface area contributed by atoms with E-state index in [1.165, 1.54) is 12.1 Å². The fraction of sp³-hybridized carbons (Fsp3) is 0. The molecule has 0 saturated heterocycles. The highest BCUT2D eigenvalue weighted by Gasteiger charge is 2.09. The van der Waals surface area contributed by atoms with Crippen molar-refractivity contribution in [3.8, 4) is 0 Å². The number of nitrogens with one attached hydrogen (secondary N) is 1. The Labute approximate surface area is 127 Å². The zero-order valence-electron chi connectivity index (χ0n) is 9.38. The molecule has 0 spiro atoms. The van der Waals surface area contributed by atoms with Crippen LogP contribution in [0.3, 0.4) is 0 Å². The van der Waals surface area contributed by atoms with Crippen molar-refractivity contribution in [1.29, 1.82) is 0 Å². The Morgan fingerprint density at radius 2 is 1.84 bits per heavy atom. The molecule has 0 atom stereocenters. The first-order chi connectivity index (χ1) is 8.97. The van der Waals surface area contributed by atoms with E-state index in [-0.39, 0.29) is 16.5 Å². The molecule has 0 aromatic heterocycles. The van der Waals surface area contributed by atoms with Gasteiger partial charge in [0.05, 0.1) is 10.0 Å². The van der Waals surface area contributed by atoms with Gasteiger partial charge in [0.25, 0.3) is 5.91 Å². The molecular weight excluding hydrogens is 356 g/mol. The number of amides is 1. The first-order valence-corrected chi connectivity index (χ1v) is 6.74. The van der Waals surface area contributed by atoms with E-state index >= 15 is 0 Å². The van der Waals surface area contributed by atoms with Gasteiger partial charge in [-0.15, -0.1) is 0 Å². The predicted molar refractivity (Wildman–Crippen MR) is 78.5 cm³/mol. The molecule has 98 valence electrons. The van der Waals surface area contributed by atoms with Gasteiger partial charge in [-0.05, 0) is 52.3 Å². The molecular formula is C13H7BrCl2FNO. The third-order valence-electron chi connectivity index (χ3n) is 2.36. The van der Waals surface area contributed by atoms with Gasteiger partial charge in [-0.2, -0.15) is 0 Å². The highest BCUT2D eigenvalue weighted by molar-refractivity contribution is 9.10. The van der Waals surface area contributed by atoms with Crippen molar-refractivity contribution in [3.05, 3.63) is 62.3 Å². The lowest BCUT2D eigenvalue weighted by Gasteiger charge is -2.07. The number of hydrogen-bond acceptors (Lipinski definition) is 1. The van der Waals surface area contributed by atoms with E-state index in [1.807, 2.05) is 0 Å². The number of benzene rings is 2. The van der Waals surface area contributed by atoms with Crippen molar-refractivity contribution in [2.45, 2.75) is 0 Å². The number of hydrogen-bond donors (Lipinski definition) is 1. The van der Waals surface area contributed by atoms with E-state index in [1.54, 1.807) is 18.2 Å². The molecule has 0 radical (unpaired) electrons. The predicted octanol–water partition coefficient (Wildman–Crippen LogP) is 5.15. The number of halogens is 4. The SMILES string of the molecule is O=C(Nc1ccc(Br)c(Cl)c1)c1ccc(F)c(Cl)c1. The average Bonchev–Trinajstić information content (AvgIpc) is 2.37. The van der Waals surface area contributed by atoms with Gasteiger partial charge in [0.1, 0.15) is 5.82 Å². The molecule has 2 nitrogen and oxygen atoms in total. The normalized spacial score (nSPS) is 10.3. The summed E-state index contributed by atoms with van der Waals surface area (Å²) in [5.74, 6) is -0.954. The maximum atomic E-state index is 13.0. The molecule has 19 heavy (non-hydrogen) atoms. The molecule has 1 amide bonds. The van der Waals surface area contributed by atoms with Crippen LogP contribution in [0.4, 0.5) is 10.1 Å². The van der Waals surface area contributed by atoms with E-state index in [2.05, 4.69) is 21.2 Å². The summed E-state index contributed by atoms with van der Waals surface area (Å²) in [6, 6.07) is 8.79. The van der Waals surface area contributed by atoms with Crippen LogP contribution in [0.25, 0.3) is 0 Å². The van der Waals surface area contributed by atoms with Crippen molar-refractivity contribution >= 4 is 50.7 Å². The average molecular weight is 363 g/mol. The van der Waals surface area contributed by atoms with Crippen molar-refractivity contribution in [2.24, 2.45) is 0 Å². The van der Waals surface area contributed by atoms with Crippen molar-refractivity contribution < 1.29 is 9.18 Å². The molecule has 0 aliphatic rings. The van der Waals surface area contributed by atoms with Crippen LogP contribution in [0, 0.1) is 5.82 Å². The van der Waals surface area contributed by atoms with Gasteiger partial charge in [-0.25, -0.2) is 4.39 Å². The lowest BCUT2D eigenvalue weighted by Crippen LogP contribution is -2.11. The molecule has 1 N–H and O–H groups in total. The smallest absolute Gasteiger partial charge is 0.255 e. The number of carbonyl (C=O) groups excluding carboxylic acids is 1. The van der Waals surface area contributed by atoms with Crippen LogP contribution in [0.15, 0.2) is 40.9 Å². The molecule has 2 aromatic rings. The minimum Gasteiger partial charge on any atom is -0.322 e. The van der Waals surface area contributed by atoms with Crippen molar-refractivity contribution in [3.63, 3.8) is 0 Å². The van der Waals surface area contributed by atoms with Gasteiger partial charge in [0.2, 0.25) is 0 Å². The van der Waals surface area contributed by atoms with Crippen LogP contribution in [-0.2, 0) is 0 Å². The summed E-state index contributed by atoms with van der Waals surface area (Å²) >= 11 is 14.8. The van der Waals surface area contributed by atoms with E-state index in [0.717, 1.165) is 10.5 Å². The lowest BCUT2D eigenvalue weighted by molar-refractivity contribution is 0.102. The van der Waals surface area contributed by atoms with E-state index in [4.69, 9.17) is 23.2 Å². The fourth-order valence-electron chi connectivity index (χ4n) is 1.41. The number of anilines is 1. The van der Waals surface area contributed by atoms with Crippen LogP contribution >= 0.6 is 39.1 Å². The number of rotatable bonds is 2. The molecule has 2 rings (SSSR count). The molecule has 6 heteroatoms. The van der Waals surface area contributed by atoms with E-state index in [9.17, 15) is 9.18 Å². The van der Waals surface area contributed by atoms with Gasteiger partial charge < -0.3 is 5.32 Å². The van der Waals surface area contributed by atoms with Crippen LogP contribution in [0.5, 0.6) is 0 Å². The summed E-state index contributed by atoms with van der Waals surface area (Å²) in [5, 5.41) is 3.03. The van der Waals surface area contributed by atoms with Gasteiger partial charge in [-0.1, -0.05) is 23.2 Å². The molecule has 0 fully saturated rings. The van der Waals surface area contributed by atoms with Crippen LogP contribution in [-0.4, -0.2) is 5.91 Å². The quantitative estimate of drug-likeness (QED) is 0.786. The van der Waals surface area contributed by atoms with Crippen LogP contribution in [0.1, 0.15) is 10.4 Å². The molecule has 0 unspecified atom stereocenters. The molecule has 0 bridgehead atoms. The first kappa shape index (κ1) is 14.3. The fourth-order valence-corrected chi connectivity index (χ4v) is 2.02. The standard InChI is InChI=1S/C13H7BrCl2FNO/c14-9-3-2-8(6-10(9)15)18-13(19)7-1-4-12(17)11(16)5-7/h1-6H,(H,18,19). The highest BCUT2D eigenvalue weighted by atomic mass is 79.9. The van der Waals surface area contributed by atoms with Crippen LogP contribution in [0.2, 0.25) is 10.0 Å². The third-order valence-corrected chi connectivity index (χ3v) is 3.88. The summed E-state index contributed by atoms with van der Waals surface area (Å²) in [4.78, 5) is 11.9. The Hall–Kier alpha value is -1.10. The summed E-state index contributed by atoms with van der Waals surface area (Å²) in [6.07, 6.45) is 0. The van der Waals surface area contributed by atoms with Crippen LogP contribution < -0.4 is 5.32 Å².